The third-order valence-electron chi connectivity index (χ3n) is 3.24. The Morgan fingerprint density at radius 3 is 2.78 bits per heavy atom. The summed E-state index contributed by atoms with van der Waals surface area (Å²) in [5.41, 5.74) is 2.63. The maximum atomic E-state index is 9.49. The van der Waals surface area contributed by atoms with Crippen molar-refractivity contribution in [3.05, 3.63) is 57.8 Å². The molecule has 0 saturated heterocycles. The molecule has 0 spiro atoms. The highest BCUT2D eigenvalue weighted by molar-refractivity contribution is 7.09. The Morgan fingerprint density at radius 1 is 1.22 bits per heavy atom. The van der Waals surface area contributed by atoms with Crippen LogP contribution in [0, 0.1) is 12.8 Å². The van der Waals surface area contributed by atoms with Gasteiger partial charge >= 0.3 is 0 Å². The van der Waals surface area contributed by atoms with Crippen molar-refractivity contribution in [1.29, 1.82) is 0 Å². The molecule has 0 aliphatic carbocycles. The van der Waals surface area contributed by atoms with Crippen molar-refractivity contribution in [2.45, 2.75) is 26.2 Å². The molecule has 96 valence electrons. The van der Waals surface area contributed by atoms with Crippen LogP contribution in [0.25, 0.3) is 0 Å². The van der Waals surface area contributed by atoms with E-state index in [0.29, 0.717) is 5.92 Å². The molecule has 2 aromatic rings. The predicted octanol–water partition coefficient (Wildman–Crippen LogP) is 3.84. The lowest BCUT2D eigenvalue weighted by Crippen LogP contribution is -2.10. The van der Waals surface area contributed by atoms with E-state index in [0.717, 1.165) is 19.3 Å². The topological polar surface area (TPSA) is 20.2 Å². The van der Waals surface area contributed by atoms with E-state index >= 15 is 0 Å². The highest BCUT2D eigenvalue weighted by Crippen LogP contribution is 2.18. The molecule has 0 amide bonds. The first-order valence-electron chi connectivity index (χ1n) is 6.46. The van der Waals surface area contributed by atoms with Crippen LogP contribution in [-0.2, 0) is 12.8 Å². The van der Waals surface area contributed by atoms with Gasteiger partial charge in [-0.25, -0.2) is 0 Å². The highest BCUT2D eigenvalue weighted by Gasteiger charge is 2.09. The van der Waals surface area contributed by atoms with Crippen molar-refractivity contribution in [3.8, 4) is 0 Å². The Balaban J connectivity index is 1.89. The molecule has 0 saturated carbocycles. The number of rotatable bonds is 6. The van der Waals surface area contributed by atoms with Gasteiger partial charge in [-0.1, -0.05) is 35.9 Å². The van der Waals surface area contributed by atoms with E-state index in [1.165, 1.54) is 16.0 Å². The first-order chi connectivity index (χ1) is 8.78. The molecule has 1 heterocycles. The molecule has 1 unspecified atom stereocenters. The minimum Gasteiger partial charge on any atom is -0.396 e. The van der Waals surface area contributed by atoms with E-state index in [1.807, 2.05) is 0 Å². The molecule has 0 bridgehead atoms. The molecule has 1 nitrogen and oxygen atoms in total. The lowest BCUT2D eigenvalue weighted by atomic mass is 9.94. The van der Waals surface area contributed by atoms with Gasteiger partial charge in [-0.15, -0.1) is 11.3 Å². The van der Waals surface area contributed by atoms with Crippen molar-refractivity contribution in [2.75, 3.05) is 6.61 Å². The van der Waals surface area contributed by atoms with E-state index in [9.17, 15) is 5.11 Å². The average Bonchev–Trinajstić information content (AvgIpc) is 2.87. The third-order valence-corrected chi connectivity index (χ3v) is 4.18. The predicted molar refractivity (Wildman–Crippen MR) is 78.1 cm³/mol. The van der Waals surface area contributed by atoms with Gasteiger partial charge in [0.15, 0.2) is 0 Å². The molecule has 1 aromatic heterocycles. The highest BCUT2D eigenvalue weighted by atomic mass is 32.1. The number of aryl methyl sites for hydroxylation is 2. The fourth-order valence-corrected chi connectivity index (χ4v) is 2.96. The van der Waals surface area contributed by atoms with Crippen LogP contribution in [-0.4, -0.2) is 11.7 Å². The molecule has 2 heteroatoms. The normalized spacial score (nSPS) is 12.6. The SMILES string of the molecule is Cc1cccc(CC(CO)CCc2cccs2)c1. The third kappa shape index (κ3) is 3.97. The Morgan fingerprint density at radius 2 is 2.11 bits per heavy atom. The molecule has 1 aromatic carbocycles. The van der Waals surface area contributed by atoms with Crippen LogP contribution in [0.4, 0.5) is 0 Å². The Labute approximate surface area is 113 Å². The number of thiophene rings is 1. The van der Waals surface area contributed by atoms with Gasteiger partial charge in [0.2, 0.25) is 0 Å². The summed E-state index contributed by atoms with van der Waals surface area (Å²) in [6.45, 7) is 2.39. The molecule has 1 N–H and O–H groups in total. The number of benzene rings is 1. The van der Waals surface area contributed by atoms with Crippen LogP contribution in [0.15, 0.2) is 41.8 Å². The van der Waals surface area contributed by atoms with Gasteiger partial charge in [0.25, 0.3) is 0 Å². The second kappa shape index (κ2) is 6.72. The number of aliphatic hydroxyl groups is 1. The molecule has 0 radical (unpaired) electrons. The number of aliphatic hydroxyl groups excluding tert-OH is 1. The van der Waals surface area contributed by atoms with Crippen LogP contribution in [0.2, 0.25) is 0 Å². The van der Waals surface area contributed by atoms with E-state index in [-0.39, 0.29) is 6.61 Å². The fourth-order valence-electron chi connectivity index (χ4n) is 2.23. The first-order valence-corrected chi connectivity index (χ1v) is 7.34. The minimum absolute atomic E-state index is 0.277. The van der Waals surface area contributed by atoms with Crippen molar-refractivity contribution < 1.29 is 5.11 Å². The lowest BCUT2D eigenvalue weighted by molar-refractivity contribution is 0.218. The summed E-state index contributed by atoms with van der Waals surface area (Å²) in [6, 6.07) is 12.8. The van der Waals surface area contributed by atoms with Crippen molar-refractivity contribution >= 4 is 11.3 Å². The van der Waals surface area contributed by atoms with Crippen molar-refractivity contribution in [2.24, 2.45) is 5.92 Å². The molecule has 1 atom stereocenters. The zero-order valence-corrected chi connectivity index (χ0v) is 11.6. The van der Waals surface area contributed by atoms with Gasteiger partial charge in [-0.3, -0.25) is 0 Å². The summed E-state index contributed by atoms with van der Waals surface area (Å²) in [6.07, 6.45) is 3.11. The minimum atomic E-state index is 0.277. The smallest absolute Gasteiger partial charge is 0.0462 e. The monoisotopic (exact) mass is 260 g/mol. The largest absolute Gasteiger partial charge is 0.396 e. The Bertz CT molecular complexity index is 462. The Kier molecular flexibility index (Phi) is 4.97. The van der Waals surface area contributed by atoms with Gasteiger partial charge in [0, 0.05) is 11.5 Å². The molecular weight excluding hydrogens is 240 g/mol. The maximum absolute atomic E-state index is 9.49. The molecule has 0 fully saturated rings. The van der Waals surface area contributed by atoms with Crippen molar-refractivity contribution in [1.82, 2.24) is 0 Å². The van der Waals surface area contributed by atoms with E-state index < -0.39 is 0 Å². The summed E-state index contributed by atoms with van der Waals surface area (Å²) in [7, 11) is 0. The quantitative estimate of drug-likeness (QED) is 0.836. The van der Waals surface area contributed by atoms with Gasteiger partial charge < -0.3 is 5.11 Å². The summed E-state index contributed by atoms with van der Waals surface area (Å²) in [4.78, 5) is 1.41. The number of hydrogen-bond acceptors (Lipinski definition) is 2. The summed E-state index contributed by atoms with van der Waals surface area (Å²) in [5.74, 6) is 0.369. The van der Waals surface area contributed by atoms with Crippen LogP contribution in [0.3, 0.4) is 0 Å². The summed E-state index contributed by atoms with van der Waals surface area (Å²) < 4.78 is 0. The van der Waals surface area contributed by atoms with Crippen LogP contribution >= 0.6 is 11.3 Å². The van der Waals surface area contributed by atoms with Crippen molar-refractivity contribution in [3.63, 3.8) is 0 Å². The van der Waals surface area contributed by atoms with E-state index in [2.05, 4.69) is 48.7 Å². The van der Waals surface area contributed by atoms with Gasteiger partial charge in [-0.2, -0.15) is 0 Å². The van der Waals surface area contributed by atoms with Gasteiger partial charge in [0.1, 0.15) is 0 Å². The van der Waals surface area contributed by atoms with Crippen LogP contribution in [0.5, 0.6) is 0 Å². The average molecular weight is 260 g/mol. The molecule has 0 aliphatic heterocycles. The first kappa shape index (κ1) is 13.3. The van der Waals surface area contributed by atoms with Gasteiger partial charge in [-0.05, 0) is 49.1 Å². The Hall–Kier alpha value is -1.12. The molecular formula is C16H20OS. The standard InChI is InChI=1S/C16H20OS/c1-13-4-2-5-14(10-13)11-15(12-17)7-8-16-6-3-9-18-16/h2-6,9-10,15,17H,7-8,11-12H2,1H3. The van der Waals surface area contributed by atoms with Crippen LogP contribution < -0.4 is 0 Å². The summed E-state index contributed by atoms with van der Waals surface area (Å²) >= 11 is 1.80. The molecule has 18 heavy (non-hydrogen) atoms. The zero-order valence-electron chi connectivity index (χ0n) is 10.8. The fraction of sp³-hybridized carbons (Fsp3) is 0.375. The maximum Gasteiger partial charge on any atom is 0.0462 e. The molecule has 2 rings (SSSR count). The lowest BCUT2D eigenvalue weighted by Gasteiger charge is -2.14. The van der Waals surface area contributed by atoms with Crippen LogP contribution in [0.1, 0.15) is 22.4 Å². The zero-order chi connectivity index (χ0) is 12.8. The van der Waals surface area contributed by atoms with Gasteiger partial charge in [0.05, 0.1) is 0 Å². The van der Waals surface area contributed by atoms with E-state index in [4.69, 9.17) is 0 Å². The number of hydrogen-bond donors (Lipinski definition) is 1. The second-order valence-electron chi connectivity index (χ2n) is 4.86. The summed E-state index contributed by atoms with van der Waals surface area (Å²) in [5, 5.41) is 11.6. The van der Waals surface area contributed by atoms with E-state index in [1.54, 1.807) is 11.3 Å². The molecule has 0 aliphatic rings. The second-order valence-corrected chi connectivity index (χ2v) is 5.89.